The fraction of sp³-hybridized carbons (Fsp3) is 0.344. The van der Waals surface area contributed by atoms with E-state index in [0.717, 1.165) is 67.8 Å². The van der Waals surface area contributed by atoms with Crippen molar-refractivity contribution < 1.29 is 9.90 Å². The number of likely N-dealkylation sites (N-methyl/N-ethyl adjacent to an activating group) is 1. The number of anilines is 2. The second-order valence-electron chi connectivity index (χ2n) is 11.4. The molecule has 2 aliphatic rings. The molecule has 0 saturated carbocycles. The van der Waals surface area contributed by atoms with Crippen molar-refractivity contribution in [3.8, 4) is 5.69 Å². The lowest BCUT2D eigenvalue weighted by molar-refractivity contribution is 0.112. The second kappa shape index (κ2) is 14.0. The highest BCUT2D eigenvalue weighted by Crippen LogP contribution is 2.35. The summed E-state index contributed by atoms with van der Waals surface area (Å²) in [5.41, 5.74) is 3.16. The van der Waals surface area contributed by atoms with Crippen LogP contribution in [0.5, 0.6) is 0 Å². The monoisotopic (exact) mass is 666 g/mol. The molecule has 0 amide bonds. The van der Waals surface area contributed by atoms with Gasteiger partial charge in [0.25, 0.3) is 5.56 Å². The molecule has 0 aliphatic carbocycles. The molecule has 46 heavy (non-hydrogen) atoms. The first-order chi connectivity index (χ1) is 22.1. The van der Waals surface area contributed by atoms with Crippen LogP contribution in [0.4, 0.5) is 11.5 Å². The number of aromatic amines is 2. The maximum Gasteiger partial charge on any atom is 0.268 e. The first-order valence-electron chi connectivity index (χ1n) is 14.8. The number of H-pyrrole nitrogens is 2. The van der Waals surface area contributed by atoms with E-state index in [0.29, 0.717) is 34.4 Å². The van der Waals surface area contributed by atoms with Gasteiger partial charge in [-0.2, -0.15) is 0 Å². The Morgan fingerprint density at radius 2 is 1.83 bits per heavy atom. The van der Waals surface area contributed by atoms with Crippen LogP contribution >= 0.6 is 23.2 Å². The minimum absolute atomic E-state index is 0.0986. The topological polar surface area (TPSA) is 143 Å². The Bertz CT molecular complexity index is 1970. The van der Waals surface area contributed by atoms with Gasteiger partial charge in [0, 0.05) is 50.4 Å². The van der Waals surface area contributed by atoms with Crippen LogP contribution in [0.15, 0.2) is 58.6 Å². The number of benzene rings is 1. The number of imidazole rings is 1. The highest BCUT2D eigenvalue weighted by Gasteiger charge is 2.29. The van der Waals surface area contributed by atoms with Crippen LogP contribution in [0.2, 0.25) is 10.0 Å². The lowest BCUT2D eigenvalue weighted by Gasteiger charge is -2.43. The number of carbonyl (C=O) groups excluding carboxylic acids is 1. The first-order valence-corrected chi connectivity index (χ1v) is 15.6. The number of fused-ring (bicyclic) bond motifs is 2. The fourth-order valence-corrected chi connectivity index (χ4v) is 6.14. The molecule has 4 aromatic heterocycles. The van der Waals surface area contributed by atoms with Gasteiger partial charge >= 0.3 is 0 Å². The van der Waals surface area contributed by atoms with Crippen molar-refractivity contribution in [2.24, 2.45) is 0 Å². The third-order valence-electron chi connectivity index (χ3n) is 8.40. The molecule has 0 bridgehead atoms. The minimum atomic E-state index is -0.314. The number of aldehydes is 1. The van der Waals surface area contributed by atoms with Gasteiger partial charge in [-0.3, -0.25) is 14.4 Å². The van der Waals surface area contributed by atoms with Crippen LogP contribution in [0, 0.1) is 0 Å². The van der Waals surface area contributed by atoms with Gasteiger partial charge in [-0.25, -0.2) is 9.97 Å². The van der Waals surface area contributed by atoms with E-state index in [4.69, 9.17) is 28.3 Å². The number of carbonyl (C=O) groups is 1. The molecule has 14 heteroatoms. The van der Waals surface area contributed by atoms with E-state index < -0.39 is 0 Å². The van der Waals surface area contributed by atoms with E-state index in [1.807, 2.05) is 22.8 Å². The molecule has 1 aromatic carbocycles. The van der Waals surface area contributed by atoms with Gasteiger partial charge in [0.05, 0.1) is 45.5 Å². The predicted octanol–water partition coefficient (Wildman–Crippen LogP) is 4.10. The average Bonchev–Trinajstić information content (AvgIpc) is 3.66. The Morgan fingerprint density at radius 1 is 1.07 bits per heavy atom. The van der Waals surface area contributed by atoms with Crippen molar-refractivity contribution in [2.45, 2.75) is 31.8 Å². The summed E-state index contributed by atoms with van der Waals surface area (Å²) in [6.45, 7) is 5.02. The highest BCUT2D eigenvalue weighted by molar-refractivity contribution is 6.34. The summed E-state index contributed by atoms with van der Waals surface area (Å²) in [4.78, 5) is 56.1. The van der Waals surface area contributed by atoms with Crippen molar-refractivity contribution in [2.75, 3.05) is 50.6 Å². The SMILES string of the molecule is CO.C[C@H]1CCCN1c1cc2c(cc1Cl)c(=O)c(C=O)cn2-c1ccc(N2CC(N(C)C)C2)nc1.O=c1[nH]c2nc[nH]c2cc1Cl. The van der Waals surface area contributed by atoms with Crippen LogP contribution in [-0.2, 0) is 0 Å². The summed E-state index contributed by atoms with van der Waals surface area (Å²) in [6, 6.07) is 10.1. The van der Waals surface area contributed by atoms with Gasteiger partial charge in [0.15, 0.2) is 17.4 Å². The fourth-order valence-electron chi connectivity index (χ4n) is 5.71. The minimum Gasteiger partial charge on any atom is -0.400 e. The quantitative estimate of drug-likeness (QED) is 0.236. The normalized spacial score (nSPS) is 16.2. The number of hydrogen-bond donors (Lipinski definition) is 3. The van der Waals surface area contributed by atoms with Crippen molar-refractivity contribution in [1.82, 2.24) is 29.4 Å². The highest BCUT2D eigenvalue weighted by atomic mass is 35.5. The van der Waals surface area contributed by atoms with Crippen LogP contribution < -0.4 is 20.8 Å². The number of nitrogens with one attached hydrogen (secondary N) is 2. The lowest BCUT2D eigenvalue weighted by atomic mass is 10.1. The number of rotatable bonds is 5. The summed E-state index contributed by atoms with van der Waals surface area (Å²) >= 11 is 12.2. The lowest BCUT2D eigenvalue weighted by Crippen LogP contribution is -2.57. The van der Waals surface area contributed by atoms with E-state index in [1.165, 1.54) is 6.33 Å². The van der Waals surface area contributed by atoms with Crippen LogP contribution in [0.1, 0.15) is 30.1 Å². The summed E-state index contributed by atoms with van der Waals surface area (Å²) in [6.07, 6.45) is 7.72. The third kappa shape index (κ3) is 6.52. The Morgan fingerprint density at radius 3 is 2.46 bits per heavy atom. The Kier molecular flexibility index (Phi) is 10.1. The van der Waals surface area contributed by atoms with E-state index in [-0.39, 0.29) is 21.6 Å². The molecule has 5 aromatic rings. The molecule has 3 N–H and O–H groups in total. The molecule has 2 saturated heterocycles. The molecule has 7 rings (SSSR count). The summed E-state index contributed by atoms with van der Waals surface area (Å²) in [7, 11) is 5.18. The average molecular weight is 668 g/mol. The number of aliphatic hydroxyl groups excluding tert-OH is 1. The van der Waals surface area contributed by atoms with Gasteiger partial charge in [0.1, 0.15) is 10.8 Å². The van der Waals surface area contributed by atoms with Crippen LogP contribution in [0.3, 0.4) is 0 Å². The number of halogens is 2. The molecular formula is C32H36Cl2N8O4. The van der Waals surface area contributed by atoms with Gasteiger partial charge in [-0.15, -0.1) is 0 Å². The first kappa shape index (κ1) is 33.1. The van der Waals surface area contributed by atoms with Crippen molar-refractivity contribution in [3.05, 3.63) is 85.2 Å². The Labute approximate surface area is 275 Å². The van der Waals surface area contributed by atoms with E-state index in [9.17, 15) is 14.4 Å². The van der Waals surface area contributed by atoms with Gasteiger partial charge < -0.3 is 34.3 Å². The van der Waals surface area contributed by atoms with E-state index in [2.05, 4.69) is 55.7 Å². The summed E-state index contributed by atoms with van der Waals surface area (Å²) in [5, 5.41) is 8.13. The molecule has 2 aliphatic heterocycles. The van der Waals surface area contributed by atoms with Gasteiger partial charge in [0.2, 0.25) is 0 Å². The Balaban J connectivity index is 0.000000268. The number of aliphatic hydroxyl groups is 1. The molecule has 0 spiro atoms. The van der Waals surface area contributed by atoms with Crippen molar-refractivity contribution >= 4 is 63.1 Å². The van der Waals surface area contributed by atoms with Crippen molar-refractivity contribution in [3.63, 3.8) is 0 Å². The van der Waals surface area contributed by atoms with E-state index in [1.54, 1.807) is 24.5 Å². The molecule has 12 nitrogen and oxygen atoms in total. The summed E-state index contributed by atoms with van der Waals surface area (Å²) in [5.74, 6) is 0.924. The molecule has 0 radical (unpaired) electrons. The molecule has 6 heterocycles. The molecule has 0 unspecified atom stereocenters. The Hall–Kier alpha value is -4.23. The number of nitrogens with zero attached hydrogens (tertiary/aromatic N) is 6. The number of pyridine rings is 3. The second-order valence-corrected chi connectivity index (χ2v) is 12.2. The largest absolute Gasteiger partial charge is 0.400 e. The predicted molar refractivity (Wildman–Crippen MR) is 183 cm³/mol. The number of hydrogen-bond acceptors (Lipinski definition) is 9. The standard InChI is InChI=1S/C25H28ClN5O2.C6H4ClN3O.CH4O/c1-16-5-4-8-30(16)23-10-22-20(9-21(23)26)25(33)17(15-32)12-31(22)18-6-7-24(27-11-18)29-13-19(14-29)28(2)3;7-3-1-4-5(9-2-8-4)10-6(3)11;1-2/h6-7,9-12,15-16,19H,4-5,8,13-14H2,1-3H3;1-2H,(H2,8,9,10,11);2H,1H3/t16-;;/m0../s1. The molecule has 242 valence electrons. The smallest absolute Gasteiger partial charge is 0.268 e. The zero-order valence-corrected chi connectivity index (χ0v) is 27.5. The van der Waals surface area contributed by atoms with Crippen LogP contribution in [-0.4, -0.2) is 93.7 Å². The molecule has 1 atom stereocenters. The molecular weight excluding hydrogens is 631 g/mol. The van der Waals surface area contributed by atoms with Gasteiger partial charge in [-0.1, -0.05) is 23.2 Å². The third-order valence-corrected chi connectivity index (χ3v) is 8.99. The maximum atomic E-state index is 12.9. The molecule has 2 fully saturated rings. The van der Waals surface area contributed by atoms with Gasteiger partial charge in [-0.05, 0) is 64.2 Å². The zero-order valence-electron chi connectivity index (χ0n) is 26.0. The van der Waals surface area contributed by atoms with Crippen molar-refractivity contribution in [1.29, 1.82) is 0 Å². The van der Waals surface area contributed by atoms with Crippen LogP contribution in [0.25, 0.3) is 27.8 Å². The number of aromatic nitrogens is 5. The summed E-state index contributed by atoms with van der Waals surface area (Å²) < 4.78 is 1.87. The zero-order chi connectivity index (χ0) is 33.1. The van der Waals surface area contributed by atoms with E-state index >= 15 is 0 Å². The maximum absolute atomic E-state index is 12.9.